The molecule has 2 rings (SSSR count). The molecule has 0 saturated heterocycles. The number of aromatic nitrogens is 2. The lowest BCUT2D eigenvalue weighted by Crippen LogP contribution is -2.03. The predicted octanol–water partition coefficient (Wildman–Crippen LogP) is 2.37. The molecule has 2 aromatic heterocycles. The van der Waals surface area contributed by atoms with Crippen molar-refractivity contribution in [3.05, 3.63) is 28.2 Å². The van der Waals surface area contributed by atoms with Crippen molar-refractivity contribution in [1.82, 2.24) is 9.97 Å². The van der Waals surface area contributed by atoms with Crippen LogP contribution in [0.4, 0.5) is 0 Å². The predicted molar refractivity (Wildman–Crippen MR) is 66.2 cm³/mol. The van der Waals surface area contributed by atoms with Crippen molar-refractivity contribution in [3.8, 4) is 10.6 Å². The van der Waals surface area contributed by atoms with Crippen LogP contribution in [0, 0.1) is 0 Å². The highest BCUT2D eigenvalue weighted by Crippen LogP contribution is 2.29. The Morgan fingerprint density at radius 1 is 1.31 bits per heavy atom. The molecular formula is C9H7BrN2O2S2. The van der Waals surface area contributed by atoms with Gasteiger partial charge in [0, 0.05) is 12.5 Å². The molecule has 2 heterocycles. The lowest BCUT2D eigenvalue weighted by Gasteiger charge is -1.99. The fourth-order valence-corrected chi connectivity index (χ4v) is 2.98. The standard InChI is InChI=1S/C9H7BrN2O2S2/c1-16(13,14)9-11-5-4-6(12-9)7-2-3-8(10)15-7/h2-5H,1H3. The normalized spacial score (nSPS) is 11.6. The lowest BCUT2D eigenvalue weighted by molar-refractivity contribution is 0.593. The third-order valence-corrected chi connectivity index (χ3v) is 4.30. The first kappa shape index (κ1) is 11.7. The second-order valence-corrected chi connectivity index (χ2v) is 7.47. The minimum atomic E-state index is -3.36. The summed E-state index contributed by atoms with van der Waals surface area (Å²) in [7, 11) is -3.36. The first-order valence-electron chi connectivity index (χ1n) is 4.25. The maximum Gasteiger partial charge on any atom is 0.247 e. The third kappa shape index (κ3) is 2.47. The molecule has 0 saturated carbocycles. The highest BCUT2D eigenvalue weighted by molar-refractivity contribution is 9.11. The molecule has 0 N–H and O–H groups in total. The van der Waals surface area contributed by atoms with Crippen molar-refractivity contribution in [2.75, 3.05) is 6.26 Å². The average Bonchev–Trinajstić information content (AvgIpc) is 2.64. The molecule has 0 bridgehead atoms. The number of rotatable bonds is 2. The van der Waals surface area contributed by atoms with E-state index < -0.39 is 9.84 Å². The molecule has 0 aliphatic heterocycles. The van der Waals surface area contributed by atoms with Crippen LogP contribution in [0.3, 0.4) is 0 Å². The van der Waals surface area contributed by atoms with E-state index in [1.807, 2.05) is 12.1 Å². The zero-order chi connectivity index (χ0) is 11.8. The van der Waals surface area contributed by atoms with Crippen LogP contribution < -0.4 is 0 Å². The zero-order valence-electron chi connectivity index (χ0n) is 8.21. The third-order valence-electron chi connectivity index (χ3n) is 1.79. The van der Waals surface area contributed by atoms with Crippen LogP contribution in [-0.2, 0) is 9.84 Å². The Morgan fingerprint density at radius 2 is 2.06 bits per heavy atom. The Hall–Kier alpha value is -0.790. The number of hydrogen-bond donors (Lipinski definition) is 0. The van der Waals surface area contributed by atoms with Crippen molar-refractivity contribution in [1.29, 1.82) is 0 Å². The summed E-state index contributed by atoms with van der Waals surface area (Å²) in [4.78, 5) is 8.66. The first-order chi connectivity index (χ1) is 7.47. The Kier molecular flexibility index (Phi) is 3.09. The molecule has 0 aliphatic rings. The van der Waals surface area contributed by atoms with Crippen LogP contribution in [0.5, 0.6) is 0 Å². The fourth-order valence-electron chi connectivity index (χ4n) is 1.11. The van der Waals surface area contributed by atoms with Gasteiger partial charge in [-0.05, 0) is 34.1 Å². The fraction of sp³-hybridized carbons (Fsp3) is 0.111. The minimum absolute atomic E-state index is 0.144. The van der Waals surface area contributed by atoms with Crippen LogP contribution in [0.25, 0.3) is 10.6 Å². The minimum Gasteiger partial charge on any atom is -0.227 e. The van der Waals surface area contributed by atoms with Gasteiger partial charge in [-0.3, -0.25) is 0 Å². The smallest absolute Gasteiger partial charge is 0.227 e. The molecule has 0 aliphatic carbocycles. The highest BCUT2D eigenvalue weighted by Gasteiger charge is 2.12. The van der Waals surface area contributed by atoms with Gasteiger partial charge in [-0.2, -0.15) is 0 Å². The summed E-state index contributed by atoms with van der Waals surface area (Å²) in [6.07, 6.45) is 2.54. The number of nitrogens with zero attached hydrogens (tertiary/aromatic N) is 2. The Bertz CT molecular complexity index is 622. The van der Waals surface area contributed by atoms with Crippen LogP contribution >= 0.6 is 27.3 Å². The van der Waals surface area contributed by atoms with E-state index in [9.17, 15) is 8.42 Å². The molecule has 16 heavy (non-hydrogen) atoms. The van der Waals surface area contributed by atoms with Crippen LogP contribution in [0.15, 0.2) is 33.3 Å². The van der Waals surface area contributed by atoms with Gasteiger partial charge in [0.05, 0.1) is 14.4 Å². The molecular weight excluding hydrogens is 312 g/mol. The van der Waals surface area contributed by atoms with Crippen molar-refractivity contribution in [2.24, 2.45) is 0 Å². The van der Waals surface area contributed by atoms with E-state index in [4.69, 9.17) is 0 Å². The van der Waals surface area contributed by atoms with Gasteiger partial charge in [0.25, 0.3) is 0 Å². The molecule has 7 heteroatoms. The summed E-state index contributed by atoms with van der Waals surface area (Å²) in [5.74, 6) is 0. The van der Waals surface area contributed by atoms with Gasteiger partial charge in [0.2, 0.25) is 15.0 Å². The molecule has 84 valence electrons. The Morgan fingerprint density at radius 3 is 2.62 bits per heavy atom. The van der Waals surface area contributed by atoms with Gasteiger partial charge in [0.15, 0.2) is 0 Å². The van der Waals surface area contributed by atoms with Crippen LogP contribution in [-0.4, -0.2) is 24.6 Å². The Balaban J connectivity index is 2.52. The number of sulfone groups is 1. The first-order valence-corrected chi connectivity index (χ1v) is 7.76. The number of halogens is 1. The summed E-state index contributed by atoms with van der Waals surface area (Å²) < 4.78 is 23.6. The van der Waals surface area contributed by atoms with Gasteiger partial charge in [-0.15, -0.1) is 11.3 Å². The van der Waals surface area contributed by atoms with Crippen LogP contribution in [0.1, 0.15) is 0 Å². The molecule has 0 spiro atoms. The molecule has 2 aromatic rings. The molecule has 0 aromatic carbocycles. The number of hydrogen-bond acceptors (Lipinski definition) is 5. The van der Waals surface area contributed by atoms with Crippen molar-refractivity contribution in [2.45, 2.75) is 5.16 Å². The number of thiophene rings is 1. The van der Waals surface area contributed by atoms with Gasteiger partial charge in [0.1, 0.15) is 0 Å². The van der Waals surface area contributed by atoms with E-state index in [1.54, 1.807) is 6.07 Å². The van der Waals surface area contributed by atoms with E-state index in [0.717, 1.165) is 14.9 Å². The largest absolute Gasteiger partial charge is 0.247 e. The molecule has 0 atom stereocenters. The van der Waals surface area contributed by atoms with E-state index in [0.29, 0.717) is 5.69 Å². The van der Waals surface area contributed by atoms with Gasteiger partial charge >= 0.3 is 0 Å². The molecule has 0 radical (unpaired) electrons. The van der Waals surface area contributed by atoms with E-state index in [2.05, 4.69) is 25.9 Å². The second kappa shape index (κ2) is 4.23. The lowest BCUT2D eigenvalue weighted by atomic mass is 10.3. The summed E-state index contributed by atoms with van der Waals surface area (Å²) in [6.45, 7) is 0. The van der Waals surface area contributed by atoms with Gasteiger partial charge < -0.3 is 0 Å². The molecule has 0 unspecified atom stereocenters. The van der Waals surface area contributed by atoms with Crippen molar-refractivity contribution >= 4 is 37.1 Å². The van der Waals surface area contributed by atoms with Crippen molar-refractivity contribution in [3.63, 3.8) is 0 Å². The van der Waals surface area contributed by atoms with Gasteiger partial charge in [-0.1, -0.05) is 0 Å². The average molecular weight is 319 g/mol. The quantitative estimate of drug-likeness (QED) is 0.798. The Labute approximate surface area is 105 Å². The van der Waals surface area contributed by atoms with E-state index in [1.165, 1.54) is 17.5 Å². The van der Waals surface area contributed by atoms with Crippen LogP contribution in [0.2, 0.25) is 0 Å². The SMILES string of the molecule is CS(=O)(=O)c1nccc(-c2ccc(Br)s2)n1. The molecule has 4 nitrogen and oxygen atoms in total. The maximum atomic E-state index is 11.3. The monoisotopic (exact) mass is 318 g/mol. The summed E-state index contributed by atoms with van der Waals surface area (Å²) in [6, 6.07) is 5.46. The topological polar surface area (TPSA) is 59.9 Å². The second-order valence-electron chi connectivity index (χ2n) is 3.10. The summed E-state index contributed by atoms with van der Waals surface area (Å²) in [5, 5.41) is -0.144. The summed E-state index contributed by atoms with van der Waals surface area (Å²) >= 11 is 4.84. The zero-order valence-corrected chi connectivity index (χ0v) is 11.4. The molecule has 0 amide bonds. The van der Waals surface area contributed by atoms with Gasteiger partial charge in [-0.25, -0.2) is 18.4 Å². The van der Waals surface area contributed by atoms with E-state index in [-0.39, 0.29) is 5.16 Å². The van der Waals surface area contributed by atoms with E-state index >= 15 is 0 Å². The summed E-state index contributed by atoms with van der Waals surface area (Å²) in [5.41, 5.74) is 0.617. The highest BCUT2D eigenvalue weighted by atomic mass is 79.9. The molecule has 0 fully saturated rings. The maximum absolute atomic E-state index is 11.3. The van der Waals surface area contributed by atoms with Crippen molar-refractivity contribution < 1.29 is 8.42 Å².